The molecule has 3 rings (SSSR count). The summed E-state index contributed by atoms with van der Waals surface area (Å²) in [7, 11) is 0. The summed E-state index contributed by atoms with van der Waals surface area (Å²) in [6, 6.07) is 18.0. The summed E-state index contributed by atoms with van der Waals surface area (Å²) in [5.41, 5.74) is 1.35. The molecule has 0 unspecified atom stereocenters. The van der Waals surface area contributed by atoms with Crippen LogP contribution in [0.1, 0.15) is 16.1 Å². The highest BCUT2D eigenvalue weighted by atomic mass is 35.5. The molecule has 0 N–H and O–H groups in total. The molecule has 0 aliphatic carbocycles. The number of furan rings is 1. The zero-order valence-corrected chi connectivity index (χ0v) is 13.5. The Bertz CT molecular complexity index is 864. The van der Waals surface area contributed by atoms with E-state index in [0.717, 1.165) is 0 Å². The molecule has 23 heavy (non-hydrogen) atoms. The van der Waals surface area contributed by atoms with Crippen LogP contribution in [0.3, 0.4) is 0 Å². The van der Waals surface area contributed by atoms with E-state index in [9.17, 15) is 4.79 Å². The van der Waals surface area contributed by atoms with E-state index in [1.165, 1.54) is 6.08 Å². The number of ketones is 1. The fourth-order valence-electron chi connectivity index (χ4n) is 2.14. The molecule has 2 nitrogen and oxygen atoms in total. The van der Waals surface area contributed by atoms with Crippen molar-refractivity contribution in [3.8, 4) is 11.3 Å². The molecule has 1 heterocycles. The molecular formula is C19H12Cl2O2. The van der Waals surface area contributed by atoms with Gasteiger partial charge in [0.1, 0.15) is 11.5 Å². The number of rotatable bonds is 4. The zero-order chi connectivity index (χ0) is 16.2. The zero-order valence-electron chi connectivity index (χ0n) is 12.0. The first-order valence-corrected chi connectivity index (χ1v) is 7.72. The summed E-state index contributed by atoms with van der Waals surface area (Å²) >= 11 is 12.2. The largest absolute Gasteiger partial charge is 0.457 e. The molecule has 0 bridgehead atoms. The van der Waals surface area contributed by atoms with Crippen LogP contribution in [-0.2, 0) is 0 Å². The number of hydrogen-bond acceptors (Lipinski definition) is 2. The van der Waals surface area contributed by atoms with E-state index in [1.807, 2.05) is 24.3 Å². The Kier molecular flexibility index (Phi) is 4.65. The predicted molar refractivity (Wildman–Crippen MR) is 94.0 cm³/mol. The molecule has 0 saturated carbocycles. The molecule has 0 saturated heterocycles. The van der Waals surface area contributed by atoms with Crippen molar-refractivity contribution in [2.24, 2.45) is 0 Å². The lowest BCUT2D eigenvalue weighted by molar-refractivity contribution is 0.104. The summed E-state index contributed by atoms with van der Waals surface area (Å²) < 4.78 is 5.71. The van der Waals surface area contributed by atoms with Gasteiger partial charge in [0.05, 0.1) is 10.0 Å². The second kappa shape index (κ2) is 6.86. The minimum absolute atomic E-state index is 0.0793. The quantitative estimate of drug-likeness (QED) is 0.420. The highest BCUT2D eigenvalue weighted by Crippen LogP contribution is 2.34. The van der Waals surface area contributed by atoms with Crippen molar-refractivity contribution in [1.29, 1.82) is 0 Å². The fourth-order valence-corrected chi connectivity index (χ4v) is 2.53. The van der Waals surface area contributed by atoms with Gasteiger partial charge in [-0.05, 0) is 36.4 Å². The van der Waals surface area contributed by atoms with Crippen LogP contribution in [-0.4, -0.2) is 5.78 Å². The molecule has 0 atom stereocenters. The van der Waals surface area contributed by atoms with Gasteiger partial charge in [-0.15, -0.1) is 0 Å². The van der Waals surface area contributed by atoms with Crippen molar-refractivity contribution < 1.29 is 9.21 Å². The average Bonchev–Trinajstić information content (AvgIpc) is 3.04. The maximum atomic E-state index is 12.0. The minimum atomic E-state index is -0.0793. The van der Waals surface area contributed by atoms with Crippen molar-refractivity contribution in [3.63, 3.8) is 0 Å². The van der Waals surface area contributed by atoms with Gasteiger partial charge in [0.15, 0.2) is 5.78 Å². The van der Waals surface area contributed by atoms with Crippen LogP contribution in [0, 0.1) is 0 Å². The van der Waals surface area contributed by atoms with Crippen molar-refractivity contribution >= 4 is 35.1 Å². The SMILES string of the molecule is O=C(/C=C/c1ccc(-c2cccc(Cl)c2Cl)o1)c1ccccc1. The minimum Gasteiger partial charge on any atom is -0.457 e. The van der Waals surface area contributed by atoms with Gasteiger partial charge in [-0.2, -0.15) is 0 Å². The van der Waals surface area contributed by atoms with Gasteiger partial charge in [0.2, 0.25) is 0 Å². The van der Waals surface area contributed by atoms with Gasteiger partial charge >= 0.3 is 0 Å². The Labute approximate surface area is 144 Å². The number of carbonyl (C=O) groups is 1. The summed E-state index contributed by atoms with van der Waals surface area (Å²) in [4.78, 5) is 12.0. The lowest BCUT2D eigenvalue weighted by atomic mass is 10.1. The van der Waals surface area contributed by atoms with Crippen LogP contribution in [0.4, 0.5) is 0 Å². The number of halogens is 2. The van der Waals surface area contributed by atoms with E-state index in [0.29, 0.717) is 32.7 Å². The van der Waals surface area contributed by atoms with E-state index in [2.05, 4.69) is 0 Å². The van der Waals surface area contributed by atoms with E-state index >= 15 is 0 Å². The molecule has 0 aliphatic rings. The van der Waals surface area contributed by atoms with Crippen molar-refractivity contribution in [3.05, 3.63) is 88.1 Å². The summed E-state index contributed by atoms with van der Waals surface area (Å²) in [5.74, 6) is 1.09. The monoisotopic (exact) mass is 342 g/mol. The molecule has 0 aliphatic heterocycles. The van der Waals surface area contributed by atoms with Crippen LogP contribution in [0.15, 0.2) is 71.2 Å². The predicted octanol–water partition coefficient (Wildman–Crippen LogP) is 6.15. The van der Waals surface area contributed by atoms with E-state index in [4.69, 9.17) is 27.6 Å². The van der Waals surface area contributed by atoms with Gasteiger partial charge in [-0.1, -0.05) is 59.6 Å². The molecule has 0 amide bonds. The van der Waals surface area contributed by atoms with Gasteiger partial charge in [-0.3, -0.25) is 4.79 Å². The Balaban J connectivity index is 1.81. The summed E-state index contributed by atoms with van der Waals surface area (Å²) in [6.07, 6.45) is 3.12. The van der Waals surface area contributed by atoms with Gasteiger partial charge in [-0.25, -0.2) is 0 Å². The molecular weight excluding hydrogens is 331 g/mol. The third kappa shape index (κ3) is 3.55. The second-order valence-electron chi connectivity index (χ2n) is 4.87. The Morgan fingerprint density at radius 1 is 0.913 bits per heavy atom. The molecule has 114 valence electrons. The average molecular weight is 343 g/mol. The number of carbonyl (C=O) groups excluding carboxylic acids is 1. The molecule has 2 aromatic carbocycles. The lowest BCUT2D eigenvalue weighted by Crippen LogP contribution is -1.92. The van der Waals surface area contributed by atoms with Crippen LogP contribution in [0.5, 0.6) is 0 Å². The second-order valence-corrected chi connectivity index (χ2v) is 5.65. The van der Waals surface area contributed by atoms with E-state index in [1.54, 1.807) is 42.5 Å². The number of hydrogen-bond donors (Lipinski definition) is 0. The molecule has 0 spiro atoms. The third-order valence-corrected chi connectivity index (χ3v) is 4.12. The summed E-state index contributed by atoms with van der Waals surface area (Å²) in [6.45, 7) is 0. The topological polar surface area (TPSA) is 30.2 Å². The first-order valence-electron chi connectivity index (χ1n) is 6.97. The highest BCUT2D eigenvalue weighted by molar-refractivity contribution is 6.43. The van der Waals surface area contributed by atoms with Crippen LogP contribution in [0.25, 0.3) is 17.4 Å². The highest BCUT2D eigenvalue weighted by Gasteiger charge is 2.10. The number of benzene rings is 2. The maximum absolute atomic E-state index is 12.0. The first kappa shape index (κ1) is 15.6. The Morgan fingerprint density at radius 3 is 2.48 bits per heavy atom. The van der Waals surface area contributed by atoms with E-state index in [-0.39, 0.29) is 5.78 Å². The van der Waals surface area contributed by atoms with Crippen molar-refractivity contribution in [2.45, 2.75) is 0 Å². The maximum Gasteiger partial charge on any atom is 0.185 e. The first-order chi connectivity index (χ1) is 11.1. The molecule has 0 fully saturated rings. The number of allylic oxidation sites excluding steroid dienone is 1. The normalized spacial score (nSPS) is 11.0. The molecule has 3 aromatic rings. The summed E-state index contributed by atoms with van der Waals surface area (Å²) in [5, 5.41) is 0.913. The van der Waals surface area contributed by atoms with Crippen LogP contribution in [0.2, 0.25) is 10.0 Å². The van der Waals surface area contributed by atoms with Crippen molar-refractivity contribution in [1.82, 2.24) is 0 Å². The molecule has 1 aromatic heterocycles. The van der Waals surface area contributed by atoms with E-state index < -0.39 is 0 Å². The lowest BCUT2D eigenvalue weighted by Gasteiger charge is -2.01. The standard InChI is InChI=1S/C19H12Cl2O2/c20-16-8-4-7-15(19(16)21)18-12-10-14(23-18)9-11-17(22)13-5-2-1-3-6-13/h1-12H/b11-9+. The fraction of sp³-hybridized carbons (Fsp3) is 0. The molecule has 0 radical (unpaired) electrons. The third-order valence-electron chi connectivity index (χ3n) is 3.30. The van der Waals surface area contributed by atoms with Gasteiger partial charge < -0.3 is 4.42 Å². The van der Waals surface area contributed by atoms with Crippen LogP contribution >= 0.6 is 23.2 Å². The Hall–Kier alpha value is -2.29. The van der Waals surface area contributed by atoms with Gasteiger partial charge in [0.25, 0.3) is 0 Å². The van der Waals surface area contributed by atoms with Gasteiger partial charge in [0, 0.05) is 11.1 Å². The smallest absolute Gasteiger partial charge is 0.185 e. The van der Waals surface area contributed by atoms with Crippen molar-refractivity contribution in [2.75, 3.05) is 0 Å². The van der Waals surface area contributed by atoms with Crippen LogP contribution < -0.4 is 0 Å². The Morgan fingerprint density at radius 2 is 1.70 bits per heavy atom. The molecule has 4 heteroatoms.